The monoisotopic (exact) mass is 366 g/mol. The Kier molecular flexibility index (Phi) is 4.22. The maximum atomic E-state index is 13.0. The van der Waals surface area contributed by atoms with E-state index in [9.17, 15) is 4.79 Å². The van der Waals surface area contributed by atoms with Crippen LogP contribution in [0.3, 0.4) is 0 Å². The van der Waals surface area contributed by atoms with Gasteiger partial charge in [0.15, 0.2) is 17.1 Å². The number of benzene rings is 1. The molecule has 4 rings (SSSR count). The summed E-state index contributed by atoms with van der Waals surface area (Å²) in [6, 6.07) is 7.37. The lowest BCUT2D eigenvalue weighted by Crippen LogP contribution is -2.27. The second-order valence-electron chi connectivity index (χ2n) is 6.82. The fourth-order valence-corrected chi connectivity index (χ4v) is 3.44. The number of aryl methyl sites for hydroxylation is 3. The van der Waals surface area contributed by atoms with Gasteiger partial charge in [-0.1, -0.05) is 6.07 Å². The molecule has 1 aromatic carbocycles. The third kappa shape index (κ3) is 3.09. The molecule has 1 aliphatic rings. The first-order chi connectivity index (χ1) is 12.9. The number of nitrogens with one attached hydrogen (secondary N) is 1. The van der Waals surface area contributed by atoms with E-state index in [4.69, 9.17) is 9.47 Å². The maximum Gasteiger partial charge on any atom is 0.252 e. The van der Waals surface area contributed by atoms with Crippen molar-refractivity contribution in [2.75, 3.05) is 13.2 Å². The molecule has 1 N–H and O–H groups in total. The molecule has 0 saturated carbocycles. The molecule has 3 aromatic rings. The van der Waals surface area contributed by atoms with E-state index in [-0.39, 0.29) is 11.9 Å². The summed E-state index contributed by atoms with van der Waals surface area (Å²) in [7, 11) is 1.83. The fourth-order valence-electron chi connectivity index (χ4n) is 3.44. The number of aromatic nitrogens is 3. The number of carbonyl (C=O) groups excluding carboxylic acids is 1. The Morgan fingerprint density at radius 2 is 1.93 bits per heavy atom. The Morgan fingerprint density at radius 1 is 1.19 bits per heavy atom. The number of rotatable bonds is 3. The van der Waals surface area contributed by atoms with Crippen LogP contribution >= 0.6 is 0 Å². The number of hydrogen-bond donors (Lipinski definition) is 1. The van der Waals surface area contributed by atoms with Gasteiger partial charge in [-0.25, -0.2) is 4.98 Å². The van der Waals surface area contributed by atoms with Gasteiger partial charge in [-0.2, -0.15) is 5.10 Å². The number of nitrogens with zero attached hydrogens (tertiary/aromatic N) is 3. The highest BCUT2D eigenvalue weighted by molar-refractivity contribution is 6.06. The summed E-state index contributed by atoms with van der Waals surface area (Å²) in [5, 5.41) is 8.27. The highest BCUT2D eigenvalue weighted by Gasteiger charge is 2.20. The van der Waals surface area contributed by atoms with E-state index in [1.165, 1.54) is 0 Å². The molecule has 3 heterocycles. The van der Waals surface area contributed by atoms with E-state index in [2.05, 4.69) is 15.4 Å². The second-order valence-corrected chi connectivity index (χ2v) is 6.82. The summed E-state index contributed by atoms with van der Waals surface area (Å²) >= 11 is 0. The average molecular weight is 366 g/mol. The standard InChI is InChI=1S/C20H22N4O3/c1-11-9-15(18-13(3)23-24(4)19(18)21-11)20(25)22-12(2)14-5-6-16-17(10-14)27-8-7-26-16/h5-6,9-10,12H,7-8H2,1-4H3,(H,22,25). The molecule has 0 fully saturated rings. The van der Waals surface area contributed by atoms with Crippen LogP contribution in [-0.2, 0) is 7.05 Å². The summed E-state index contributed by atoms with van der Waals surface area (Å²) in [4.78, 5) is 17.5. The highest BCUT2D eigenvalue weighted by atomic mass is 16.6. The molecule has 1 aliphatic heterocycles. The van der Waals surface area contributed by atoms with Crippen LogP contribution in [-0.4, -0.2) is 33.9 Å². The van der Waals surface area contributed by atoms with Gasteiger partial charge in [0, 0.05) is 12.7 Å². The Morgan fingerprint density at radius 3 is 2.70 bits per heavy atom. The molecule has 0 bridgehead atoms. The van der Waals surface area contributed by atoms with Crippen LogP contribution in [0.25, 0.3) is 11.0 Å². The van der Waals surface area contributed by atoms with Gasteiger partial charge >= 0.3 is 0 Å². The summed E-state index contributed by atoms with van der Waals surface area (Å²) in [6.45, 7) is 6.81. The predicted molar refractivity (Wildman–Crippen MR) is 101 cm³/mol. The van der Waals surface area contributed by atoms with Gasteiger partial charge in [0.25, 0.3) is 5.91 Å². The van der Waals surface area contributed by atoms with Crippen LogP contribution in [0.2, 0.25) is 0 Å². The number of ether oxygens (including phenoxy) is 2. The zero-order valence-electron chi connectivity index (χ0n) is 15.9. The number of carbonyl (C=O) groups is 1. The Hall–Kier alpha value is -3.09. The van der Waals surface area contributed by atoms with E-state index in [0.717, 1.165) is 28.1 Å². The minimum absolute atomic E-state index is 0.149. The van der Waals surface area contributed by atoms with Crippen molar-refractivity contribution in [1.29, 1.82) is 0 Å². The third-order valence-corrected chi connectivity index (χ3v) is 4.76. The molecular weight excluding hydrogens is 344 g/mol. The SMILES string of the molecule is Cc1cc(C(=O)NC(C)c2ccc3c(c2)OCCO3)c2c(C)nn(C)c2n1. The fraction of sp³-hybridized carbons (Fsp3) is 0.350. The lowest BCUT2D eigenvalue weighted by atomic mass is 10.1. The maximum absolute atomic E-state index is 13.0. The van der Waals surface area contributed by atoms with Crippen LogP contribution in [0.15, 0.2) is 24.3 Å². The quantitative estimate of drug-likeness (QED) is 0.771. The molecular formula is C20H22N4O3. The zero-order valence-corrected chi connectivity index (χ0v) is 15.9. The zero-order chi connectivity index (χ0) is 19.1. The van der Waals surface area contributed by atoms with Gasteiger partial charge in [-0.15, -0.1) is 0 Å². The first kappa shape index (κ1) is 17.3. The third-order valence-electron chi connectivity index (χ3n) is 4.76. The minimum atomic E-state index is -0.186. The molecule has 1 atom stereocenters. The van der Waals surface area contributed by atoms with E-state index in [1.807, 2.05) is 52.1 Å². The minimum Gasteiger partial charge on any atom is -0.486 e. The molecule has 0 radical (unpaired) electrons. The van der Waals surface area contributed by atoms with Crippen molar-refractivity contribution in [2.45, 2.75) is 26.8 Å². The van der Waals surface area contributed by atoms with Gasteiger partial charge < -0.3 is 14.8 Å². The van der Waals surface area contributed by atoms with E-state index < -0.39 is 0 Å². The highest BCUT2D eigenvalue weighted by Crippen LogP contribution is 2.32. The smallest absolute Gasteiger partial charge is 0.252 e. The van der Waals surface area contributed by atoms with Gasteiger partial charge in [0.05, 0.1) is 22.7 Å². The second kappa shape index (κ2) is 6.57. The molecule has 0 aliphatic carbocycles. The normalized spacial score (nSPS) is 14.2. The molecule has 0 spiro atoms. The number of amides is 1. The molecule has 140 valence electrons. The molecule has 2 aromatic heterocycles. The van der Waals surface area contributed by atoms with Crippen LogP contribution in [0.4, 0.5) is 0 Å². The van der Waals surface area contributed by atoms with E-state index in [1.54, 1.807) is 4.68 Å². The number of fused-ring (bicyclic) bond motifs is 2. The lowest BCUT2D eigenvalue weighted by molar-refractivity contribution is 0.0941. The Labute approximate surface area is 157 Å². The summed E-state index contributed by atoms with van der Waals surface area (Å²) in [6.07, 6.45) is 0. The van der Waals surface area contributed by atoms with Gasteiger partial charge in [-0.3, -0.25) is 9.48 Å². The van der Waals surface area contributed by atoms with Crippen molar-refractivity contribution < 1.29 is 14.3 Å². The first-order valence-electron chi connectivity index (χ1n) is 8.95. The molecule has 1 unspecified atom stereocenters. The van der Waals surface area contributed by atoms with Crippen molar-refractivity contribution in [2.24, 2.45) is 7.05 Å². The van der Waals surface area contributed by atoms with Crippen LogP contribution in [0.5, 0.6) is 11.5 Å². The van der Waals surface area contributed by atoms with Crippen molar-refractivity contribution >= 4 is 16.9 Å². The van der Waals surface area contributed by atoms with Gasteiger partial charge in [0.2, 0.25) is 0 Å². The summed E-state index contributed by atoms with van der Waals surface area (Å²) in [5.74, 6) is 1.30. The van der Waals surface area contributed by atoms with Crippen molar-refractivity contribution in [3.8, 4) is 11.5 Å². The largest absolute Gasteiger partial charge is 0.486 e. The summed E-state index contributed by atoms with van der Waals surface area (Å²) < 4.78 is 12.9. The van der Waals surface area contributed by atoms with Crippen molar-refractivity contribution in [1.82, 2.24) is 20.1 Å². The first-order valence-corrected chi connectivity index (χ1v) is 8.95. The average Bonchev–Trinajstić information content (AvgIpc) is 2.94. The Balaban J connectivity index is 1.63. The molecule has 7 heteroatoms. The van der Waals surface area contributed by atoms with Crippen molar-refractivity contribution in [3.63, 3.8) is 0 Å². The van der Waals surface area contributed by atoms with E-state index >= 15 is 0 Å². The lowest BCUT2D eigenvalue weighted by Gasteiger charge is -2.21. The molecule has 1 amide bonds. The van der Waals surface area contributed by atoms with Crippen LogP contribution in [0, 0.1) is 13.8 Å². The van der Waals surface area contributed by atoms with Gasteiger partial charge in [0.1, 0.15) is 13.2 Å². The van der Waals surface area contributed by atoms with Crippen LogP contribution < -0.4 is 14.8 Å². The molecule has 7 nitrogen and oxygen atoms in total. The number of hydrogen-bond acceptors (Lipinski definition) is 5. The van der Waals surface area contributed by atoms with Crippen molar-refractivity contribution in [3.05, 3.63) is 46.8 Å². The number of pyridine rings is 1. The van der Waals surface area contributed by atoms with Crippen LogP contribution in [0.1, 0.15) is 40.3 Å². The topological polar surface area (TPSA) is 78.3 Å². The predicted octanol–water partition coefficient (Wildman–Crippen LogP) is 2.85. The van der Waals surface area contributed by atoms with Gasteiger partial charge in [-0.05, 0) is 44.5 Å². The Bertz CT molecular complexity index is 1040. The van der Waals surface area contributed by atoms with E-state index in [0.29, 0.717) is 30.2 Å². The summed E-state index contributed by atoms with van der Waals surface area (Å²) in [5.41, 5.74) is 3.83. The molecule has 0 saturated heterocycles. The molecule has 27 heavy (non-hydrogen) atoms.